The van der Waals surface area contributed by atoms with E-state index in [1.807, 2.05) is 36.5 Å². The molecule has 1 aliphatic heterocycles. The zero-order valence-corrected chi connectivity index (χ0v) is 13.9. The molecule has 3 rings (SSSR count). The van der Waals surface area contributed by atoms with Crippen LogP contribution in [0, 0.1) is 5.92 Å². The summed E-state index contributed by atoms with van der Waals surface area (Å²) in [5.41, 5.74) is 1.77. The zero-order valence-electron chi connectivity index (χ0n) is 13.1. The van der Waals surface area contributed by atoms with Gasteiger partial charge in [-0.15, -0.1) is 0 Å². The minimum absolute atomic E-state index is 0.0215. The van der Waals surface area contributed by atoms with Gasteiger partial charge in [0.15, 0.2) is 9.84 Å². The third kappa shape index (κ3) is 4.32. The molecule has 0 spiro atoms. The first-order valence-electron chi connectivity index (χ1n) is 7.78. The predicted molar refractivity (Wildman–Crippen MR) is 92.4 cm³/mol. The number of para-hydroxylation sites is 1. The lowest BCUT2D eigenvalue weighted by atomic mass is 10.1. The minimum atomic E-state index is -2.90. The summed E-state index contributed by atoms with van der Waals surface area (Å²) < 4.78 is 24.5. The molecule has 1 aliphatic rings. The Balaban J connectivity index is 1.52. The Morgan fingerprint density at radius 1 is 1.33 bits per heavy atom. The lowest BCUT2D eigenvalue weighted by molar-refractivity contribution is -0.116. The largest absolute Gasteiger partial charge is 0.352 e. The standard InChI is InChI=1S/C17H19N3O3S/c21-17(18-10-15-8-9-24(22,23)13-15)7-6-14-11-19-20(12-14)16-4-2-1-3-5-16/h1-7,11-12,15H,8-10,13H2,(H,18,21). The highest BCUT2D eigenvalue weighted by atomic mass is 32.2. The van der Waals surface area contributed by atoms with E-state index in [0.717, 1.165) is 11.3 Å². The van der Waals surface area contributed by atoms with E-state index in [0.29, 0.717) is 13.0 Å². The van der Waals surface area contributed by atoms with Crippen LogP contribution in [0.3, 0.4) is 0 Å². The molecular weight excluding hydrogens is 326 g/mol. The van der Waals surface area contributed by atoms with Gasteiger partial charge in [-0.1, -0.05) is 18.2 Å². The first-order chi connectivity index (χ1) is 11.5. The fourth-order valence-corrected chi connectivity index (χ4v) is 4.52. The highest BCUT2D eigenvalue weighted by molar-refractivity contribution is 7.91. The van der Waals surface area contributed by atoms with Crippen LogP contribution in [0.5, 0.6) is 0 Å². The molecule has 0 radical (unpaired) electrons. The molecule has 6 nitrogen and oxygen atoms in total. The number of carbonyl (C=O) groups excluding carboxylic acids is 1. The lowest BCUT2D eigenvalue weighted by Crippen LogP contribution is -2.28. The summed E-state index contributed by atoms with van der Waals surface area (Å²) in [4.78, 5) is 11.8. The molecule has 7 heteroatoms. The molecule has 2 aromatic rings. The SMILES string of the molecule is O=C(C=Cc1cnn(-c2ccccc2)c1)NCC1CCS(=O)(=O)C1. The van der Waals surface area contributed by atoms with E-state index in [1.54, 1.807) is 17.0 Å². The van der Waals surface area contributed by atoms with E-state index >= 15 is 0 Å². The predicted octanol–water partition coefficient (Wildman–Crippen LogP) is 1.44. The smallest absolute Gasteiger partial charge is 0.244 e. The summed E-state index contributed by atoms with van der Waals surface area (Å²) in [6.45, 7) is 0.395. The van der Waals surface area contributed by atoms with Crippen molar-refractivity contribution in [3.63, 3.8) is 0 Å². The van der Waals surface area contributed by atoms with Crippen molar-refractivity contribution in [3.05, 3.63) is 54.4 Å². The number of rotatable bonds is 5. The number of benzene rings is 1. The number of amides is 1. The Hall–Kier alpha value is -2.41. The van der Waals surface area contributed by atoms with E-state index in [1.165, 1.54) is 6.08 Å². The number of nitrogens with zero attached hydrogens (tertiary/aromatic N) is 2. The highest BCUT2D eigenvalue weighted by Gasteiger charge is 2.27. The topological polar surface area (TPSA) is 81.1 Å². The molecule has 1 fully saturated rings. The summed E-state index contributed by atoms with van der Waals surface area (Å²) >= 11 is 0. The molecule has 1 aromatic carbocycles. The van der Waals surface area contributed by atoms with E-state index in [2.05, 4.69) is 10.4 Å². The fraction of sp³-hybridized carbons (Fsp3) is 0.294. The molecule has 126 valence electrons. The Bertz CT molecular complexity index is 841. The van der Waals surface area contributed by atoms with Crippen LogP contribution < -0.4 is 5.32 Å². The van der Waals surface area contributed by atoms with Gasteiger partial charge in [0.2, 0.25) is 5.91 Å². The summed E-state index contributed by atoms with van der Waals surface area (Å²) in [5, 5.41) is 7.01. The lowest BCUT2D eigenvalue weighted by Gasteiger charge is -2.07. The number of hydrogen-bond donors (Lipinski definition) is 1. The monoisotopic (exact) mass is 345 g/mol. The molecular formula is C17H19N3O3S. The van der Waals surface area contributed by atoms with Crippen molar-refractivity contribution in [2.75, 3.05) is 18.1 Å². The van der Waals surface area contributed by atoms with Crippen molar-refractivity contribution in [2.45, 2.75) is 6.42 Å². The van der Waals surface area contributed by atoms with Crippen LogP contribution in [0.4, 0.5) is 0 Å². The number of nitrogens with one attached hydrogen (secondary N) is 1. The van der Waals surface area contributed by atoms with Gasteiger partial charge in [0.05, 0.1) is 23.4 Å². The van der Waals surface area contributed by atoms with Crippen LogP contribution in [0.1, 0.15) is 12.0 Å². The van der Waals surface area contributed by atoms with Crippen molar-refractivity contribution in [1.29, 1.82) is 0 Å². The van der Waals surface area contributed by atoms with Gasteiger partial charge in [-0.2, -0.15) is 5.10 Å². The molecule has 2 heterocycles. The van der Waals surface area contributed by atoms with Crippen LogP contribution >= 0.6 is 0 Å². The van der Waals surface area contributed by atoms with Gasteiger partial charge in [-0.3, -0.25) is 4.79 Å². The molecule has 0 aliphatic carbocycles. The summed E-state index contributed by atoms with van der Waals surface area (Å²) in [7, 11) is -2.90. The van der Waals surface area contributed by atoms with Crippen molar-refractivity contribution in [3.8, 4) is 5.69 Å². The minimum Gasteiger partial charge on any atom is -0.352 e. The second-order valence-corrected chi connectivity index (χ2v) is 8.13. The molecule has 1 aromatic heterocycles. The molecule has 1 amide bonds. The number of sulfone groups is 1. The van der Waals surface area contributed by atoms with Crippen LogP contribution in [-0.2, 0) is 14.6 Å². The second-order valence-electron chi connectivity index (χ2n) is 5.90. The van der Waals surface area contributed by atoms with Gasteiger partial charge >= 0.3 is 0 Å². The summed E-state index contributed by atoms with van der Waals surface area (Å²) in [5.74, 6) is 0.183. The number of aromatic nitrogens is 2. The summed E-state index contributed by atoms with van der Waals surface area (Å²) in [6.07, 6.45) is 7.27. The average Bonchev–Trinajstić information content (AvgIpc) is 3.18. The maximum atomic E-state index is 11.8. The average molecular weight is 345 g/mol. The molecule has 1 saturated heterocycles. The van der Waals surface area contributed by atoms with Crippen molar-refractivity contribution >= 4 is 21.8 Å². The Labute approximate surface area is 141 Å². The molecule has 0 bridgehead atoms. The van der Waals surface area contributed by atoms with Gasteiger partial charge in [0.25, 0.3) is 0 Å². The maximum absolute atomic E-state index is 11.8. The van der Waals surface area contributed by atoms with Crippen LogP contribution in [0.25, 0.3) is 11.8 Å². The van der Waals surface area contributed by atoms with Crippen molar-refractivity contribution in [1.82, 2.24) is 15.1 Å². The van der Waals surface area contributed by atoms with E-state index in [9.17, 15) is 13.2 Å². The number of hydrogen-bond acceptors (Lipinski definition) is 4. The van der Waals surface area contributed by atoms with Gasteiger partial charge in [-0.25, -0.2) is 13.1 Å². The van der Waals surface area contributed by atoms with Crippen molar-refractivity contribution < 1.29 is 13.2 Å². The van der Waals surface area contributed by atoms with E-state index in [4.69, 9.17) is 0 Å². The Morgan fingerprint density at radius 3 is 2.83 bits per heavy atom. The number of carbonyl (C=O) groups is 1. The molecule has 24 heavy (non-hydrogen) atoms. The molecule has 1 atom stereocenters. The van der Waals surface area contributed by atoms with Crippen LogP contribution in [0.2, 0.25) is 0 Å². The first-order valence-corrected chi connectivity index (χ1v) is 9.60. The highest BCUT2D eigenvalue weighted by Crippen LogP contribution is 2.17. The Morgan fingerprint density at radius 2 is 2.12 bits per heavy atom. The molecule has 1 unspecified atom stereocenters. The third-order valence-corrected chi connectivity index (χ3v) is 5.78. The maximum Gasteiger partial charge on any atom is 0.244 e. The first kappa shape index (κ1) is 16.4. The van der Waals surface area contributed by atoms with Gasteiger partial charge in [0, 0.05) is 24.4 Å². The third-order valence-electron chi connectivity index (χ3n) is 3.94. The van der Waals surface area contributed by atoms with Crippen molar-refractivity contribution in [2.24, 2.45) is 5.92 Å². The van der Waals surface area contributed by atoms with Gasteiger partial charge < -0.3 is 5.32 Å². The van der Waals surface area contributed by atoms with E-state index in [-0.39, 0.29) is 23.3 Å². The quantitative estimate of drug-likeness (QED) is 0.832. The summed E-state index contributed by atoms with van der Waals surface area (Å²) in [6, 6.07) is 9.70. The molecule has 1 N–H and O–H groups in total. The second kappa shape index (κ2) is 7.00. The van der Waals surface area contributed by atoms with Crippen LogP contribution in [-0.4, -0.2) is 42.2 Å². The van der Waals surface area contributed by atoms with Gasteiger partial charge in [0.1, 0.15) is 0 Å². The van der Waals surface area contributed by atoms with Crippen LogP contribution in [0.15, 0.2) is 48.8 Å². The zero-order chi connectivity index (χ0) is 17.0. The van der Waals surface area contributed by atoms with E-state index < -0.39 is 9.84 Å². The normalized spacial score (nSPS) is 19.6. The van der Waals surface area contributed by atoms with Gasteiger partial charge in [-0.05, 0) is 30.5 Å². The molecule has 0 saturated carbocycles. The Kier molecular flexibility index (Phi) is 4.80. The fourth-order valence-electron chi connectivity index (χ4n) is 2.65.